The van der Waals surface area contributed by atoms with Gasteiger partial charge in [-0.15, -0.1) is 0 Å². The van der Waals surface area contributed by atoms with Crippen molar-refractivity contribution in [2.75, 3.05) is 11.0 Å². The van der Waals surface area contributed by atoms with Crippen molar-refractivity contribution in [2.24, 2.45) is 0 Å². The molecule has 0 spiro atoms. The van der Waals surface area contributed by atoms with E-state index in [0.29, 0.717) is 11.3 Å². The lowest BCUT2D eigenvalue weighted by Crippen LogP contribution is -2.10. The highest BCUT2D eigenvalue weighted by Gasteiger charge is 2.06. The van der Waals surface area contributed by atoms with Crippen molar-refractivity contribution in [2.45, 2.75) is 6.92 Å². The maximum atomic E-state index is 11.0. The largest absolute Gasteiger partial charge is 0.282 e. The number of aryl methyl sites for hydroxylation is 1. The van der Waals surface area contributed by atoms with Crippen LogP contribution in [0.3, 0.4) is 0 Å². The van der Waals surface area contributed by atoms with Crippen molar-refractivity contribution >= 4 is 15.7 Å². The average molecular weight is 210 g/mol. The number of sulfonamides is 1. The van der Waals surface area contributed by atoms with Crippen LogP contribution < -0.4 is 4.72 Å². The maximum absolute atomic E-state index is 11.0. The number of nitrogens with zero attached hydrogens (tertiary/aromatic N) is 1. The topological polar surface area (TPSA) is 70.0 Å². The second kappa shape index (κ2) is 3.68. The minimum absolute atomic E-state index is 0.320. The molecule has 0 unspecified atom stereocenters. The molecular weight excluding hydrogens is 200 g/mol. The summed E-state index contributed by atoms with van der Waals surface area (Å²) in [6.07, 6.45) is 1.05. The van der Waals surface area contributed by atoms with Crippen molar-refractivity contribution in [3.8, 4) is 6.07 Å². The van der Waals surface area contributed by atoms with Gasteiger partial charge in [0, 0.05) is 0 Å². The molecule has 0 aromatic heterocycles. The first-order valence-corrected chi connectivity index (χ1v) is 5.80. The summed E-state index contributed by atoms with van der Waals surface area (Å²) in [5.74, 6) is 0. The van der Waals surface area contributed by atoms with E-state index in [0.717, 1.165) is 11.8 Å². The van der Waals surface area contributed by atoms with Crippen LogP contribution in [-0.4, -0.2) is 14.7 Å². The zero-order valence-electron chi connectivity index (χ0n) is 7.90. The monoisotopic (exact) mass is 210 g/mol. The number of hydrogen-bond acceptors (Lipinski definition) is 3. The number of nitriles is 1. The lowest BCUT2D eigenvalue weighted by Gasteiger charge is -2.06. The Morgan fingerprint density at radius 1 is 1.43 bits per heavy atom. The molecule has 1 N–H and O–H groups in total. The van der Waals surface area contributed by atoms with Crippen LogP contribution in [0.4, 0.5) is 5.69 Å². The number of anilines is 1. The molecule has 4 nitrogen and oxygen atoms in total. The summed E-state index contributed by atoms with van der Waals surface area (Å²) in [7, 11) is -3.33. The lowest BCUT2D eigenvalue weighted by atomic mass is 10.1. The van der Waals surface area contributed by atoms with Gasteiger partial charge in [0.05, 0.1) is 17.5 Å². The van der Waals surface area contributed by atoms with E-state index in [9.17, 15) is 8.42 Å². The third-order valence-corrected chi connectivity index (χ3v) is 2.18. The average Bonchev–Trinajstić information content (AvgIpc) is 2.01. The molecule has 74 valence electrons. The molecule has 0 aliphatic heterocycles. The summed E-state index contributed by atoms with van der Waals surface area (Å²) in [5, 5.41) is 8.72. The third kappa shape index (κ3) is 2.75. The van der Waals surface area contributed by atoms with Crippen LogP contribution in [0, 0.1) is 18.3 Å². The van der Waals surface area contributed by atoms with Gasteiger partial charge in [-0.2, -0.15) is 5.26 Å². The molecule has 5 heteroatoms. The van der Waals surface area contributed by atoms with Gasteiger partial charge in [0.15, 0.2) is 0 Å². The molecular formula is C9H10N2O2S. The zero-order chi connectivity index (χ0) is 10.8. The fraction of sp³-hybridized carbons (Fsp3) is 0.222. The van der Waals surface area contributed by atoms with Gasteiger partial charge in [-0.05, 0) is 24.6 Å². The van der Waals surface area contributed by atoms with Crippen LogP contribution in [0.2, 0.25) is 0 Å². The molecule has 0 fully saturated rings. The van der Waals surface area contributed by atoms with Crippen molar-refractivity contribution < 1.29 is 8.42 Å². The fourth-order valence-corrected chi connectivity index (χ4v) is 1.61. The van der Waals surface area contributed by atoms with Gasteiger partial charge in [0.25, 0.3) is 0 Å². The molecule has 0 saturated carbocycles. The molecule has 0 saturated heterocycles. The highest BCUT2D eigenvalue weighted by Crippen LogP contribution is 2.17. The van der Waals surface area contributed by atoms with Gasteiger partial charge < -0.3 is 0 Å². The molecule has 0 radical (unpaired) electrons. The first-order chi connectivity index (χ1) is 6.42. The predicted octanol–water partition coefficient (Wildman–Crippen LogP) is 1.24. The van der Waals surface area contributed by atoms with E-state index in [-0.39, 0.29) is 0 Å². The molecule has 0 amide bonds. The van der Waals surface area contributed by atoms with Gasteiger partial charge in [-0.3, -0.25) is 4.72 Å². The highest BCUT2D eigenvalue weighted by atomic mass is 32.2. The lowest BCUT2D eigenvalue weighted by molar-refractivity contribution is 0.607. The fourth-order valence-electron chi connectivity index (χ4n) is 1.04. The Labute approximate surface area is 83.2 Å². The van der Waals surface area contributed by atoms with Crippen molar-refractivity contribution in [1.29, 1.82) is 5.26 Å². The summed E-state index contributed by atoms with van der Waals surface area (Å²) in [6, 6.07) is 6.89. The quantitative estimate of drug-likeness (QED) is 0.798. The van der Waals surface area contributed by atoms with Gasteiger partial charge in [-0.25, -0.2) is 8.42 Å². The molecule has 0 bridgehead atoms. The van der Waals surface area contributed by atoms with Crippen molar-refractivity contribution in [3.63, 3.8) is 0 Å². The van der Waals surface area contributed by atoms with Crippen LogP contribution in [0.15, 0.2) is 18.2 Å². The van der Waals surface area contributed by atoms with E-state index in [1.54, 1.807) is 18.2 Å². The number of nitrogens with one attached hydrogen (secondary N) is 1. The Hall–Kier alpha value is -1.54. The van der Waals surface area contributed by atoms with Crippen LogP contribution in [0.5, 0.6) is 0 Å². The summed E-state index contributed by atoms with van der Waals surface area (Å²) in [6.45, 7) is 1.83. The van der Waals surface area contributed by atoms with Gasteiger partial charge >= 0.3 is 0 Å². The molecule has 0 atom stereocenters. The predicted molar refractivity (Wildman–Crippen MR) is 54.4 cm³/mol. The normalized spacial score (nSPS) is 10.6. The molecule has 1 aromatic rings. The molecule has 14 heavy (non-hydrogen) atoms. The van der Waals surface area contributed by atoms with Gasteiger partial charge in [0.1, 0.15) is 6.07 Å². The molecule has 0 aliphatic carbocycles. The summed E-state index contributed by atoms with van der Waals surface area (Å²) < 4.78 is 24.2. The Bertz CT molecular complexity index is 486. The second-order valence-electron chi connectivity index (χ2n) is 3.04. The minimum Gasteiger partial charge on any atom is -0.282 e. The molecule has 1 aromatic carbocycles. The van der Waals surface area contributed by atoms with Gasteiger partial charge in [0.2, 0.25) is 10.0 Å². The number of benzene rings is 1. The summed E-state index contributed by atoms with van der Waals surface area (Å²) in [5.41, 5.74) is 1.55. The first-order valence-electron chi connectivity index (χ1n) is 3.91. The van der Waals surface area contributed by atoms with E-state index in [2.05, 4.69) is 4.72 Å². The van der Waals surface area contributed by atoms with E-state index >= 15 is 0 Å². The Morgan fingerprint density at radius 3 is 2.57 bits per heavy atom. The summed E-state index contributed by atoms with van der Waals surface area (Å²) >= 11 is 0. The first kappa shape index (κ1) is 10.5. The maximum Gasteiger partial charge on any atom is 0.229 e. The van der Waals surface area contributed by atoms with Crippen LogP contribution in [0.1, 0.15) is 11.1 Å². The van der Waals surface area contributed by atoms with Crippen molar-refractivity contribution in [3.05, 3.63) is 29.3 Å². The Kier molecular flexibility index (Phi) is 2.77. The Balaban J connectivity index is 3.20. The Morgan fingerprint density at radius 2 is 2.07 bits per heavy atom. The third-order valence-electron chi connectivity index (χ3n) is 1.59. The van der Waals surface area contributed by atoms with Crippen LogP contribution in [0.25, 0.3) is 0 Å². The van der Waals surface area contributed by atoms with Crippen LogP contribution >= 0.6 is 0 Å². The van der Waals surface area contributed by atoms with E-state index in [4.69, 9.17) is 5.26 Å². The minimum atomic E-state index is -3.33. The summed E-state index contributed by atoms with van der Waals surface area (Å²) in [4.78, 5) is 0. The second-order valence-corrected chi connectivity index (χ2v) is 4.78. The smallest absolute Gasteiger partial charge is 0.229 e. The zero-order valence-corrected chi connectivity index (χ0v) is 8.72. The highest BCUT2D eigenvalue weighted by molar-refractivity contribution is 7.92. The number of rotatable bonds is 2. The van der Waals surface area contributed by atoms with E-state index in [1.807, 2.05) is 13.0 Å². The standard InChI is InChI=1S/C9H10N2O2S/c1-7-3-4-8(6-10)9(5-7)11-14(2,12)13/h3-5,11H,1-2H3. The SMILES string of the molecule is Cc1ccc(C#N)c(NS(C)(=O)=O)c1. The molecule has 0 heterocycles. The molecule has 0 aliphatic rings. The van der Waals surface area contributed by atoms with Gasteiger partial charge in [-0.1, -0.05) is 6.07 Å². The van der Waals surface area contributed by atoms with E-state index in [1.165, 1.54) is 0 Å². The molecule has 1 rings (SSSR count). The van der Waals surface area contributed by atoms with E-state index < -0.39 is 10.0 Å². The van der Waals surface area contributed by atoms with Crippen LogP contribution in [-0.2, 0) is 10.0 Å². The van der Waals surface area contributed by atoms with Crippen molar-refractivity contribution in [1.82, 2.24) is 0 Å². The number of hydrogen-bond donors (Lipinski definition) is 1.